The zero-order valence-corrected chi connectivity index (χ0v) is 13.3. The molecule has 1 aromatic carbocycles. The average Bonchev–Trinajstić information content (AvgIpc) is 2.35. The highest BCUT2D eigenvalue weighted by atomic mass is 32.2. The van der Waals surface area contributed by atoms with Crippen molar-refractivity contribution in [1.29, 1.82) is 0 Å². The molecular formula is C14H24N2O3S. The first-order valence-corrected chi connectivity index (χ1v) is 8.09. The third-order valence-electron chi connectivity index (χ3n) is 3.23. The van der Waals surface area contributed by atoms with Crippen molar-refractivity contribution >= 4 is 10.0 Å². The number of rotatable bonds is 7. The van der Waals surface area contributed by atoms with Crippen molar-refractivity contribution < 1.29 is 13.2 Å². The molecule has 1 unspecified atom stereocenters. The van der Waals surface area contributed by atoms with Crippen LogP contribution in [0.15, 0.2) is 29.2 Å². The molecule has 0 radical (unpaired) electrons. The molecule has 5 nitrogen and oxygen atoms in total. The minimum atomic E-state index is -3.64. The molecule has 0 aromatic heterocycles. The summed E-state index contributed by atoms with van der Waals surface area (Å²) in [6, 6.07) is 6.91. The lowest BCUT2D eigenvalue weighted by Crippen LogP contribution is -2.35. The number of primary sulfonamides is 1. The van der Waals surface area contributed by atoms with E-state index in [0.717, 1.165) is 12.0 Å². The highest BCUT2D eigenvalue weighted by Gasteiger charge is 2.19. The van der Waals surface area contributed by atoms with Crippen LogP contribution in [0.5, 0.6) is 0 Å². The highest BCUT2D eigenvalue weighted by Crippen LogP contribution is 2.16. The zero-order chi connectivity index (χ0) is 15.4. The molecule has 0 bridgehead atoms. The van der Waals surface area contributed by atoms with E-state index in [2.05, 4.69) is 12.2 Å². The molecule has 0 saturated heterocycles. The van der Waals surface area contributed by atoms with E-state index in [1.807, 2.05) is 19.9 Å². The summed E-state index contributed by atoms with van der Waals surface area (Å²) in [4.78, 5) is 0.140. The molecular weight excluding hydrogens is 276 g/mol. The van der Waals surface area contributed by atoms with Gasteiger partial charge in [0.05, 0.1) is 10.5 Å². The summed E-state index contributed by atoms with van der Waals surface area (Å²) in [6.45, 7) is 6.73. The molecule has 0 heterocycles. The quantitative estimate of drug-likeness (QED) is 0.802. The van der Waals surface area contributed by atoms with E-state index in [1.54, 1.807) is 19.2 Å². The molecule has 0 aliphatic rings. The summed E-state index contributed by atoms with van der Waals surface area (Å²) >= 11 is 0. The van der Waals surface area contributed by atoms with Gasteiger partial charge in [0, 0.05) is 19.7 Å². The Morgan fingerprint density at radius 1 is 1.40 bits per heavy atom. The number of hydrogen-bond donors (Lipinski definition) is 2. The number of methoxy groups -OCH3 is 1. The molecule has 114 valence electrons. The van der Waals surface area contributed by atoms with Gasteiger partial charge in [-0.1, -0.05) is 12.1 Å². The molecule has 1 atom stereocenters. The second kappa shape index (κ2) is 6.67. The van der Waals surface area contributed by atoms with Crippen molar-refractivity contribution in [3.63, 3.8) is 0 Å². The summed E-state index contributed by atoms with van der Waals surface area (Å²) in [6.07, 6.45) is 0.860. The molecule has 6 heteroatoms. The minimum Gasteiger partial charge on any atom is -0.379 e. The smallest absolute Gasteiger partial charge is 0.238 e. The normalized spacial score (nSPS) is 14.2. The summed E-state index contributed by atoms with van der Waals surface area (Å²) in [5, 5.41) is 8.47. The lowest BCUT2D eigenvalue weighted by Gasteiger charge is -2.27. The fraction of sp³-hybridized carbons (Fsp3) is 0.571. The summed E-state index contributed by atoms with van der Waals surface area (Å²) in [5.41, 5.74) is 0.702. The minimum absolute atomic E-state index is 0.140. The van der Waals surface area contributed by atoms with Gasteiger partial charge in [-0.15, -0.1) is 0 Å². The number of nitrogens with two attached hydrogens (primary N) is 1. The zero-order valence-electron chi connectivity index (χ0n) is 12.5. The van der Waals surface area contributed by atoms with Gasteiger partial charge >= 0.3 is 0 Å². The maximum Gasteiger partial charge on any atom is 0.238 e. The first-order chi connectivity index (χ1) is 9.14. The van der Waals surface area contributed by atoms with Crippen LogP contribution >= 0.6 is 0 Å². The van der Waals surface area contributed by atoms with Crippen molar-refractivity contribution in [2.75, 3.05) is 7.11 Å². The van der Waals surface area contributed by atoms with Crippen LogP contribution in [0.2, 0.25) is 0 Å². The van der Waals surface area contributed by atoms with Crippen LogP contribution in [0.25, 0.3) is 0 Å². The van der Waals surface area contributed by atoms with E-state index in [9.17, 15) is 8.42 Å². The summed E-state index contributed by atoms with van der Waals surface area (Å²) in [5.74, 6) is 0. The largest absolute Gasteiger partial charge is 0.379 e. The van der Waals surface area contributed by atoms with Crippen LogP contribution in [0.3, 0.4) is 0 Å². The Kier molecular flexibility index (Phi) is 5.70. The van der Waals surface area contributed by atoms with Crippen LogP contribution in [-0.2, 0) is 21.3 Å². The van der Waals surface area contributed by atoms with Crippen LogP contribution in [0.1, 0.15) is 32.8 Å². The second-order valence-corrected chi connectivity index (χ2v) is 7.20. The Hall–Kier alpha value is -0.950. The Morgan fingerprint density at radius 2 is 2.05 bits per heavy atom. The molecule has 1 rings (SSSR count). The summed E-state index contributed by atoms with van der Waals surface area (Å²) < 4.78 is 28.0. The molecule has 3 N–H and O–H groups in total. The average molecular weight is 300 g/mol. The monoisotopic (exact) mass is 300 g/mol. The van der Waals surface area contributed by atoms with Gasteiger partial charge < -0.3 is 10.1 Å². The van der Waals surface area contributed by atoms with Crippen molar-refractivity contribution in [3.8, 4) is 0 Å². The topological polar surface area (TPSA) is 81.4 Å². The van der Waals surface area contributed by atoms with Gasteiger partial charge in [-0.3, -0.25) is 0 Å². The van der Waals surface area contributed by atoms with Crippen molar-refractivity contribution in [2.24, 2.45) is 5.14 Å². The lowest BCUT2D eigenvalue weighted by atomic mass is 10.00. The van der Waals surface area contributed by atoms with Gasteiger partial charge in [0.2, 0.25) is 10.0 Å². The van der Waals surface area contributed by atoms with Crippen molar-refractivity contribution in [3.05, 3.63) is 29.8 Å². The Labute approximate surface area is 121 Å². The van der Waals surface area contributed by atoms with E-state index in [4.69, 9.17) is 9.88 Å². The van der Waals surface area contributed by atoms with E-state index in [1.165, 1.54) is 6.07 Å². The van der Waals surface area contributed by atoms with Crippen LogP contribution in [-0.4, -0.2) is 27.2 Å². The molecule has 0 saturated carbocycles. The standard InChI is InChI=1S/C14H24N2O3S/c1-11(9-14(2,3)19-4)16-10-12-6-5-7-13(8-12)20(15,17)18/h5-8,11,16H,9-10H2,1-4H3,(H2,15,17,18). The van der Waals surface area contributed by atoms with Crippen molar-refractivity contribution in [1.82, 2.24) is 5.32 Å². The van der Waals surface area contributed by atoms with Gasteiger partial charge in [0.1, 0.15) is 0 Å². The highest BCUT2D eigenvalue weighted by molar-refractivity contribution is 7.89. The summed E-state index contributed by atoms with van der Waals surface area (Å²) in [7, 11) is -1.95. The molecule has 0 aliphatic heterocycles. The Bertz CT molecular complexity index is 541. The number of sulfonamides is 1. The number of hydrogen-bond acceptors (Lipinski definition) is 4. The molecule has 20 heavy (non-hydrogen) atoms. The first-order valence-electron chi connectivity index (χ1n) is 6.54. The second-order valence-electron chi connectivity index (χ2n) is 5.64. The van der Waals surface area contributed by atoms with Crippen LogP contribution < -0.4 is 10.5 Å². The maximum atomic E-state index is 11.3. The molecule has 0 aliphatic carbocycles. The predicted octanol–water partition coefficient (Wildman–Crippen LogP) is 1.63. The molecule has 0 spiro atoms. The van der Waals surface area contributed by atoms with Gasteiger partial charge in [-0.25, -0.2) is 13.6 Å². The maximum absolute atomic E-state index is 11.3. The molecule has 1 aromatic rings. The van der Waals surface area contributed by atoms with Gasteiger partial charge in [-0.2, -0.15) is 0 Å². The molecule has 0 amide bonds. The van der Waals surface area contributed by atoms with Gasteiger partial charge in [0.15, 0.2) is 0 Å². The van der Waals surface area contributed by atoms with E-state index in [0.29, 0.717) is 6.54 Å². The van der Waals surface area contributed by atoms with E-state index >= 15 is 0 Å². The van der Waals surface area contributed by atoms with Crippen LogP contribution in [0, 0.1) is 0 Å². The van der Waals surface area contributed by atoms with Gasteiger partial charge in [0.25, 0.3) is 0 Å². The first kappa shape index (κ1) is 17.1. The third kappa shape index (κ3) is 5.58. The predicted molar refractivity (Wildman–Crippen MR) is 79.8 cm³/mol. The van der Waals surface area contributed by atoms with Crippen LogP contribution in [0.4, 0.5) is 0 Å². The number of nitrogens with one attached hydrogen (secondary N) is 1. The third-order valence-corrected chi connectivity index (χ3v) is 4.14. The number of benzene rings is 1. The fourth-order valence-electron chi connectivity index (χ4n) is 2.02. The number of ether oxygens (including phenoxy) is 1. The Morgan fingerprint density at radius 3 is 2.60 bits per heavy atom. The Balaban J connectivity index is 2.62. The lowest BCUT2D eigenvalue weighted by molar-refractivity contribution is 0.00844. The van der Waals surface area contributed by atoms with E-state index in [-0.39, 0.29) is 16.5 Å². The van der Waals surface area contributed by atoms with Crippen molar-refractivity contribution in [2.45, 2.75) is 50.3 Å². The fourth-order valence-corrected chi connectivity index (χ4v) is 2.60. The van der Waals surface area contributed by atoms with E-state index < -0.39 is 10.0 Å². The SMILES string of the molecule is COC(C)(C)CC(C)NCc1cccc(S(N)(=O)=O)c1. The van der Waals surface area contributed by atoms with Gasteiger partial charge in [-0.05, 0) is 44.9 Å². The molecule has 0 fully saturated rings.